The van der Waals surface area contributed by atoms with Crippen molar-refractivity contribution < 1.29 is 4.79 Å². The van der Waals surface area contributed by atoms with E-state index < -0.39 is 0 Å². The minimum absolute atomic E-state index is 0.0665. The highest BCUT2D eigenvalue weighted by Crippen LogP contribution is 2.29. The Hall–Kier alpha value is -2.70. The van der Waals surface area contributed by atoms with Crippen LogP contribution in [0.5, 0.6) is 0 Å². The number of halogens is 1. The summed E-state index contributed by atoms with van der Waals surface area (Å²) in [5.74, 6) is -0.0665. The second-order valence-corrected chi connectivity index (χ2v) is 7.15. The fraction of sp³-hybridized carbons (Fsp3) is 0.105. The van der Waals surface area contributed by atoms with Gasteiger partial charge < -0.3 is 4.90 Å². The first-order valence-electron chi connectivity index (χ1n) is 7.99. The number of pyridine rings is 1. The molecule has 0 unspecified atom stereocenters. The highest BCUT2D eigenvalue weighted by Gasteiger charge is 2.19. The summed E-state index contributed by atoms with van der Waals surface area (Å²) in [6.45, 7) is 0.496. The van der Waals surface area contributed by atoms with E-state index in [1.54, 1.807) is 24.3 Å². The van der Waals surface area contributed by atoms with E-state index in [9.17, 15) is 4.79 Å². The molecule has 0 radical (unpaired) electrons. The number of hydrogen-bond donors (Lipinski definition) is 0. The van der Waals surface area contributed by atoms with Gasteiger partial charge in [-0.25, -0.2) is 4.98 Å². The van der Waals surface area contributed by atoms with Crippen molar-refractivity contribution in [2.24, 2.45) is 0 Å². The molecule has 26 heavy (non-hydrogen) atoms. The SMILES string of the molecule is CN(Cc1cccnc1)C(=O)c1csc2nc(-c3ccccc3Cl)cn12. The lowest BCUT2D eigenvalue weighted by molar-refractivity contribution is 0.0778. The van der Waals surface area contributed by atoms with Gasteiger partial charge in [-0.1, -0.05) is 35.9 Å². The Balaban J connectivity index is 1.64. The number of rotatable bonds is 4. The lowest BCUT2D eigenvalue weighted by atomic mass is 10.2. The van der Waals surface area contributed by atoms with Crippen LogP contribution in [-0.4, -0.2) is 32.2 Å². The number of carbonyl (C=O) groups is 1. The van der Waals surface area contributed by atoms with Gasteiger partial charge in [0.25, 0.3) is 5.91 Å². The first-order valence-corrected chi connectivity index (χ1v) is 9.25. The molecule has 4 rings (SSSR count). The Kier molecular flexibility index (Phi) is 4.44. The summed E-state index contributed by atoms with van der Waals surface area (Å²) in [5.41, 5.74) is 3.18. The lowest BCUT2D eigenvalue weighted by Gasteiger charge is -2.16. The Bertz CT molecular complexity index is 1070. The van der Waals surface area contributed by atoms with Gasteiger partial charge in [0, 0.05) is 43.1 Å². The summed E-state index contributed by atoms with van der Waals surface area (Å²) in [6.07, 6.45) is 5.34. The second kappa shape index (κ2) is 6.90. The summed E-state index contributed by atoms with van der Waals surface area (Å²) in [6, 6.07) is 11.4. The molecule has 0 aliphatic rings. The highest BCUT2D eigenvalue weighted by molar-refractivity contribution is 7.15. The van der Waals surface area contributed by atoms with E-state index in [0.717, 1.165) is 21.8 Å². The molecule has 0 saturated carbocycles. The number of aromatic nitrogens is 3. The third-order valence-corrected chi connectivity index (χ3v) is 5.24. The molecule has 3 aromatic heterocycles. The van der Waals surface area contributed by atoms with E-state index in [0.29, 0.717) is 17.3 Å². The standard InChI is InChI=1S/C19H15ClN4OS/c1-23(10-13-5-4-8-21-9-13)18(25)17-12-26-19-22-16(11-24(17)19)14-6-2-3-7-15(14)20/h2-9,11-12H,10H2,1H3. The zero-order valence-corrected chi connectivity index (χ0v) is 15.5. The second-order valence-electron chi connectivity index (χ2n) is 5.90. The first-order chi connectivity index (χ1) is 12.6. The van der Waals surface area contributed by atoms with Gasteiger partial charge in [0.2, 0.25) is 0 Å². The molecule has 0 aliphatic carbocycles. The van der Waals surface area contributed by atoms with Crippen molar-refractivity contribution in [3.63, 3.8) is 0 Å². The number of hydrogen-bond acceptors (Lipinski definition) is 4. The molecule has 0 saturated heterocycles. The van der Waals surface area contributed by atoms with E-state index in [1.165, 1.54) is 11.3 Å². The molecule has 4 aromatic rings. The zero-order valence-electron chi connectivity index (χ0n) is 14.0. The van der Waals surface area contributed by atoms with Gasteiger partial charge in [0.1, 0.15) is 5.69 Å². The molecule has 5 nitrogen and oxygen atoms in total. The van der Waals surface area contributed by atoms with Crippen LogP contribution in [0, 0.1) is 0 Å². The monoisotopic (exact) mass is 382 g/mol. The molecule has 130 valence electrons. The van der Waals surface area contributed by atoms with Crippen molar-refractivity contribution in [1.29, 1.82) is 0 Å². The van der Waals surface area contributed by atoms with Crippen molar-refractivity contribution in [2.45, 2.75) is 6.54 Å². The molecule has 0 bridgehead atoms. The Morgan fingerprint density at radius 1 is 1.27 bits per heavy atom. The number of fused-ring (bicyclic) bond motifs is 1. The Labute approximate surface area is 159 Å². The lowest BCUT2D eigenvalue weighted by Crippen LogP contribution is -2.27. The van der Waals surface area contributed by atoms with Gasteiger partial charge in [-0.3, -0.25) is 14.2 Å². The van der Waals surface area contributed by atoms with Crippen LogP contribution in [0.3, 0.4) is 0 Å². The van der Waals surface area contributed by atoms with Gasteiger partial charge in [-0.15, -0.1) is 11.3 Å². The van der Waals surface area contributed by atoms with Crippen molar-refractivity contribution >= 4 is 33.8 Å². The molecule has 1 aromatic carbocycles. The maximum Gasteiger partial charge on any atom is 0.271 e. The molecule has 0 spiro atoms. The number of nitrogens with zero attached hydrogens (tertiary/aromatic N) is 4. The van der Waals surface area contributed by atoms with Crippen molar-refractivity contribution in [3.05, 3.63) is 76.6 Å². The largest absolute Gasteiger partial charge is 0.336 e. The molecule has 0 atom stereocenters. The van der Waals surface area contributed by atoms with Crippen LogP contribution < -0.4 is 0 Å². The van der Waals surface area contributed by atoms with Crippen LogP contribution in [-0.2, 0) is 6.54 Å². The average Bonchev–Trinajstić information content (AvgIpc) is 3.23. The van der Waals surface area contributed by atoms with Gasteiger partial charge in [-0.05, 0) is 17.7 Å². The van der Waals surface area contributed by atoms with E-state index >= 15 is 0 Å². The van der Waals surface area contributed by atoms with Gasteiger partial charge in [0.05, 0.1) is 10.7 Å². The highest BCUT2D eigenvalue weighted by atomic mass is 35.5. The van der Waals surface area contributed by atoms with Crippen molar-refractivity contribution in [3.8, 4) is 11.3 Å². The zero-order chi connectivity index (χ0) is 18.1. The molecule has 7 heteroatoms. The third-order valence-electron chi connectivity index (χ3n) is 4.07. The Morgan fingerprint density at radius 3 is 2.88 bits per heavy atom. The molecule has 0 N–H and O–H groups in total. The van der Waals surface area contributed by atoms with Crippen molar-refractivity contribution in [2.75, 3.05) is 7.05 Å². The minimum atomic E-state index is -0.0665. The van der Waals surface area contributed by atoms with Crippen LogP contribution in [0.25, 0.3) is 16.2 Å². The van der Waals surface area contributed by atoms with Crippen LogP contribution in [0.1, 0.15) is 16.1 Å². The molecule has 0 aliphatic heterocycles. The maximum absolute atomic E-state index is 12.9. The Morgan fingerprint density at radius 2 is 2.12 bits per heavy atom. The van der Waals surface area contributed by atoms with Crippen LogP contribution in [0.15, 0.2) is 60.4 Å². The first kappa shape index (κ1) is 16.8. The topological polar surface area (TPSA) is 50.5 Å². The van der Waals surface area contributed by atoms with Crippen LogP contribution in [0.2, 0.25) is 5.02 Å². The van der Waals surface area contributed by atoms with Gasteiger partial charge in [0.15, 0.2) is 4.96 Å². The van der Waals surface area contributed by atoms with Crippen LogP contribution >= 0.6 is 22.9 Å². The maximum atomic E-state index is 12.9. The number of amides is 1. The number of carbonyl (C=O) groups excluding carboxylic acids is 1. The molecular weight excluding hydrogens is 368 g/mol. The van der Waals surface area contributed by atoms with E-state index in [-0.39, 0.29) is 5.91 Å². The normalized spacial score (nSPS) is 11.0. The third kappa shape index (κ3) is 3.09. The number of thiazole rings is 1. The molecule has 1 amide bonds. The molecule has 0 fully saturated rings. The fourth-order valence-corrected chi connectivity index (χ4v) is 3.85. The number of imidazole rings is 1. The summed E-state index contributed by atoms with van der Waals surface area (Å²) >= 11 is 7.71. The summed E-state index contributed by atoms with van der Waals surface area (Å²) in [4.78, 5) is 24.0. The predicted molar refractivity (Wildman–Crippen MR) is 104 cm³/mol. The summed E-state index contributed by atoms with van der Waals surface area (Å²) in [7, 11) is 1.78. The minimum Gasteiger partial charge on any atom is -0.336 e. The van der Waals surface area contributed by atoms with Crippen molar-refractivity contribution in [1.82, 2.24) is 19.3 Å². The molecule has 3 heterocycles. The van der Waals surface area contributed by atoms with E-state index in [2.05, 4.69) is 9.97 Å². The van der Waals surface area contributed by atoms with E-state index in [1.807, 2.05) is 52.4 Å². The summed E-state index contributed by atoms with van der Waals surface area (Å²) < 4.78 is 1.82. The van der Waals surface area contributed by atoms with Gasteiger partial charge in [-0.2, -0.15) is 0 Å². The van der Waals surface area contributed by atoms with E-state index in [4.69, 9.17) is 11.6 Å². The molecular formula is C19H15ClN4OS. The van der Waals surface area contributed by atoms with Gasteiger partial charge >= 0.3 is 0 Å². The quantitative estimate of drug-likeness (QED) is 0.526. The smallest absolute Gasteiger partial charge is 0.271 e. The fourth-order valence-electron chi connectivity index (χ4n) is 2.77. The van der Waals surface area contributed by atoms with Crippen LogP contribution in [0.4, 0.5) is 0 Å². The predicted octanol–water partition coefficient (Wildman–Crippen LogP) is 4.38. The average molecular weight is 383 g/mol. The number of benzene rings is 1. The summed E-state index contributed by atoms with van der Waals surface area (Å²) in [5, 5.41) is 2.47.